The minimum Gasteiger partial charge on any atom is -0.379 e. The van der Waals surface area contributed by atoms with E-state index >= 15 is 0 Å². The Morgan fingerprint density at radius 1 is 1.42 bits per heavy atom. The maximum absolute atomic E-state index is 6.00. The monoisotopic (exact) mass is 297 g/mol. The zero-order valence-corrected chi connectivity index (χ0v) is 12.5. The first-order valence-electron chi connectivity index (χ1n) is 6.40. The first kappa shape index (κ1) is 13.1. The average molecular weight is 298 g/mol. The largest absolute Gasteiger partial charge is 0.379 e. The summed E-state index contributed by atoms with van der Waals surface area (Å²) in [6.45, 7) is 2.07. The lowest BCUT2D eigenvalue weighted by Crippen LogP contribution is -2.30. The molecule has 0 saturated heterocycles. The topological polar surface area (TPSA) is 47.0 Å². The van der Waals surface area contributed by atoms with Gasteiger partial charge in [0.15, 0.2) is 0 Å². The molecule has 4 nitrogen and oxygen atoms in total. The second-order valence-electron chi connectivity index (χ2n) is 4.87. The molecule has 1 fully saturated rings. The summed E-state index contributed by atoms with van der Waals surface area (Å²) in [5.74, 6) is 0.827. The number of nitrogens with one attached hydrogen (secondary N) is 1. The molecule has 102 valence electrons. The molecular formula is C13H16ClN3OS. The molecule has 2 heterocycles. The summed E-state index contributed by atoms with van der Waals surface area (Å²) in [4.78, 5) is 10.8. The molecule has 19 heavy (non-hydrogen) atoms. The van der Waals surface area contributed by atoms with Gasteiger partial charge in [0, 0.05) is 12.0 Å². The van der Waals surface area contributed by atoms with Crippen molar-refractivity contribution in [1.82, 2.24) is 9.97 Å². The lowest BCUT2D eigenvalue weighted by atomic mass is 10.2. The van der Waals surface area contributed by atoms with Crippen molar-refractivity contribution in [2.45, 2.75) is 38.3 Å². The Bertz CT molecular complexity index is 601. The number of ether oxygens (including phenoxy) is 1. The number of methoxy groups -OCH3 is 1. The van der Waals surface area contributed by atoms with Crippen molar-refractivity contribution in [3.05, 3.63) is 16.2 Å². The van der Waals surface area contributed by atoms with Gasteiger partial charge in [-0.05, 0) is 43.9 Å². The van der Waals surface area contributed by atoms with Crippen LogP contribution in [0.4, 0.5) is 5.82 Å². The molecule has 1 N–H and O–H groups in total. The number of halogens is 1. The lowest BCUT2D eigenvalue weighted by molar-refractivity contribution is 0.101. The molecule has 3 rings (SSSR count). The summed E-state index contributed by atoms with van der Waals surface area (Å²) >= 11 is 7.64. The molecule has 0 aliphatic heterocycles. The summed E-state index contributed by atoms with van der Waals surface area (Å²) in [6.07, 6.45) is 3.63. The van der Waals surface area contributed by atoms with Crippen molar-refractivity contribution in [3.63, 3.8) is 0 Å². The zero-order valence-electron chi connectivity index (χ0n) is 10.9. The molecule has 6 heteroatoms. The normalized spacial score (nSPS) is 23.1. The lowest BCUT2D eigenvalue weighted by Gasteiger charge is -2.20. The van der Waals surface area contributed by atoms with Gasteiger partial charge in [-0.15, -0.1) is 11.3 Å². The highest BCUT2D eigenvalue weighted by atomic mass is 35.5. The number of aryl methyl sites for hydroxylation is 1. The minimum absolute atomic E-state index is 0.253. The Labute approximate surface area is 121 Å². The van der Waals surface area contributed by atoms with E-state index in [2.05, 4.69) is 28.3 Å². The molecule has 2 atom stereocenters. The smallest absolute Gasteiger partial charge is 0.225 e. The highest BCUT2D eigenvalue weighted by Crippen LogP contribution is 2.32. The van der Waals surface area contributed by atoms with E-state index in [4.69, 9.17) is 16.3 Å². The third-order valence-corrected chi connectivity index (χ3v) is 4.68. The van der Waals surface area contributed by atoms with E-state index < -0.39 is 0 Å². The van der Waals surface area contributed by atoms with Gasteiger partial charge in [0.1, 0.15) is 10.6 Å². The number of hydrogen-bond donors (Lipinski definition) is 1. The number of aromatic nitrogens is 2. The minimum atomic E-state index is 0.253. The van der Waals surface area contributed by atoms with Gasteiger partial charge in [-0.2, -0.15) is 0 Å². The molecule has 1 aliphatic carbocycles. The van der Waals surface area contributed by atoms with Crippen molar-refractivity contribution in [2.75, 3.05) is 12.4 Å². The summed E-state index contributed by atoms with van der Waals surface area (Å²) in [7, 11) is 1.77. The van der Waals surface area contributed by atoms with E-state index in [0.29, 0.717) is 11.3 Å². The summed E-state index contributed by atoms with van der Waals surface area (Å²) < 4.78 is 5.51. The molecular weight excluding hydrogens is 282 g/mol. The first-order valence-corrected chi connectivity index (χ1v) is 7.60. The van der Waals surface area contributed by atoms with Crippen LogP contribution in [0.25, 0.3) is 10.2 Å². The Morgan fingerprint density at radius 3 is 3.05 bits per heavy atom. The van der Waals surface area contributed by atoms with Crippen LogP contribution in [-0.2, 0) is 4.74 Å². The van der Waals surface area contributed by atoms with Crippen LogP contribution in [0.2, 0.25) is 5.28 Å². The molecule has 0 radical (unpaired) electrons. The highest BCUT2D eigenvalue weighted by Gasteiger charge is 2.28. The first-order chi connectivity index (χ1) is 9.17. The number of fused-ring (bicyclic) bond motifs is 1. The van der Waals surface area contributed by atoms with E-state index in [-0.39, 0.29) is 6.10 Å². The van der Waals surface area contributed by atoms with Crippen LogP contribution in [0.15, 0.2) is 6.07 Å². The van der Waals surface area contributed by atoms with Crippen LogP contribution < -0.4 is 5.32 Å². The molecule has 0 aromatic carbocycles. The third kappa shape index (κ3) is 2.55. The summed E-state index contributed by atoms with van der Waals surface area (Å²) in [5.41, 5.74) is 0. The fraction of sp³-hybridized carbons (Fsp3) is 0.538. The van der Waals surface area contributed by atoms with E-state index in [1.54, 1.807) is 18.4 Å². The van der Waals surface area contributed by atoms with Crippen LogP contribution in [0, 0.1) is 6.92 Å². The molecule has 0 amide bonds. The third-order valence-electron chi connectivity index (χ3n) is 3.57. The van der Waals surface area contributed by atoms with Gasteiger partial charge in [-0.1, -0.05) is 0 Å². The molecule has 1 aliphatic rings. The molecule has 0 spiro atoms. The van der Waals surface area contributed by atoms with E-state index in [1.807, 2.05) is 0 Å². The molecule has 0 bridgehead atoms. The number of nitrogens with zero attached hydrogens (tertiary/aromatic N) is 2. The van der Waals surface area contributed by atoms with Gasteiger partial charge in [-0.25, -0.2) is 9.97 Å². The quantitative estimate of drug-likeness (QED) is 0.879. The summed E-state index contributed by atoms with van der Waals surface area (Å²) in [5, 5.41) is 4.83. The van der Waals surface area contributed by atoms with Crippen LogP contribution in [-0.4, -0.2) is 29.2 Å². The van der Waals surface area contributed by atoms with Gasteiger partial charge in [0.05, 0.1) is 17.5 Å². The standard InChI is InChI=1S/C13H16ClN3OS/c1-7-6-8-11(16-13(14)17-12(8)19-7)15-9-4-3-5-10(9)18-2/h6,9-10H,3-5H2,1-2H3,(H,15,16,17). The second-order valence-corrected chi connectivity index (χ2v) is 6.45. The van der Waals surface area contributed by atoms with Gasteiger partial charge in [0.25, 0.3) is 0 Å². The van der Waals surface area contributed by atoms with Gasteiger partial charge < -0.3 is 10.1 Å². The van der Waals surface area contributed by atoms with Crippen LogP contribution >= 0.6 is 22.9 Å². The SMILES string of the molecule is COC1CCCC1Nc1nc(Cl)nc2sc(C)cc12. The Morgan fingerprint density at radius 2 is 2.26 bits per heavy atom. The molecule has 1 saturated carbocycles. The maximum Gasteiger partial charge on any atom is 0.225 e. The molecule has 2 aromatic heterocycles. The van der Waals surface area contributed by atoms with Crippen molar-refractivity contribution >= 4 is 39.0 Å². The van der Waals surface area contributed by atoms with Crippen LogP contribution in [0.5, 0.6) is 0 Å². The fourth-order valence-corrected chi connectivity index (χ4v) is 3.77. The zero-order chi connectivity index (χ0) is 13.4. The predicted octanol–water partition coefficient (Wildman–Crippen LogP) is 3.63. The number of hydrogen-bond acceptors (Lipinski definition) is 5. The number of thiophene rings is 1. The summed E-state index contributed by atoms with van der Waals surface area (Å²) in [6, 6.07) is 2.41. The molecule has 2 aromatic rings. The van der Waals surface area contributed by atoms with Crippen LogP contribution in [0.1, 0.15) is 24.1 Å². The Kier molecular flexibility index (Phi) is 3.60. The van der Waals surface area contributed by atoms with Gasteiger partial charge in [0.2, 0.25) is 5.28 Å². The average Bonchev–Trinajstić information content (AvgIpc) is 2.94. The molecule has 2 unspecified atom stereocenters. The van der Waals surface area contributed by atoms with E-state index in [1.165, 1.54) is 11.3 Å². The van der Waals surface area contributed by atoms with Gasteiger partial charge >= 0.3 is 0 Å². The van der Waals surface area contributed by atoms with Gasteiger partial charge in [-0.3, -0.25) is 0 Å². The highest BCUT2D eigenvalue weighted by molar-refractivity contribution is 7.18. The van der Waals surface area contributed by atoms with E-state index in [0.717, 1.165) is 28.9 Å². The maximum atomic E-state index is 6.00. The van der Waals surface area contributed by atoms with Crippen LogP contribution in [0.3, 0.4) is 0 Å². The van der Waals surface area contributed by atoms with Crippen molar-refractivity contribution in [2.24, 2.45) is 0 Å². The van der Waals surface area contributed by atoms with Crippen molar-refractivity contribution in [3.8, 4) is 0 Å². The number of rotatable bonds is 3. The Hall–Kier alpha value is -0.910. The second kappa shape index (κ2) is 5.23. The number of anilines is 1. The van der Waals surface area contributed by atoms with Crippen molar-refractivity contribution < 1.29 is 4.74 Å². The predicted molar refractivity (Wildman–Crippen MR) is 79.2 cm³/mol. The Balaban J connectivity index is 1.95. The van der Waals surface area contributed by atoms with E-state index in [9.17, 15) is 0 Å². The fourth-order valence-electron chi connectivity index (χ4n) is 2.67. The van der Waals surface area contributed by atoms with Crippen molar-refractivity contribution in [1.29, 1.82) is 0 Å².